The molecule has 1 saturated heterocycles. The lowest BCUT2D eigenvalue weighted by atomic mass is 9.96. The molecule has 1 heterocycles. The van der Waals surface area contributed by atoms with Crippen molar-refractivity contribution in [1.82, 2.24) is 4.90 Å². The standard InChI is InChI=1S/C22H19F6NO3/c23-21(24,25)17-6-4-15(5-7-17)19(30)29-10-8-16(9-11-29)20(31)32-13-14-2-1-3-18(12-14)22(26,27)28/h1-7,12,16H,8-11,13H2. The van der Waals surface area contributed by atoms with E-state index in [1.54, 1.807) is 0 Å². The van der Waals surface area contributed by atoms with Crippen molar-refractivity contribution in [2.45, 2.75) is 31.8 Å². The Morgan fingerprint density at radius 1 is 0.875 bits per heavy atom. The molecule has 0 bridgehead atoms. The molecule has 0 unspecified atom stereocenters. The van der Waals surface area contributed by atoms with E-state index in [9.17, 15) is 35.9 Å². The summed E-state index contributed by atoms with van der Waals surface area (Å²) in [6, 6.07) is 8.40. The second-order valence-corrected chi connectivity index (χ2v) is 7.45. The molecule has 32 heavy (non-hydrogen) atoms. The number of amides is 1. The van der Waals surface area contributed by atoms with E-state index in [-0.39, 0.29) is 43.7 Å². The summed E-state index contributed by atoms with van der Waals surface area (Å²) in [7, 11) is 0. The molecule has 2 aromatic rings. The van der Waals surface area contributed by atoms with Crippen LogP contribution in [0.5, 0.6) is 0 Å². The van der Waals surface area contributed by atoms with E-state index in [1.165, 1.54) is 17.0 Å². The van der Waals surface area contributed by atoms with Crippen LogP contribution in [-0.4, -0.2) is 29.9 Å². The molecule has 10 heteroatoms. The summed E-state index contributed by atoms with van der Waals surface area (Å²) in [6.45, 7) is 0.125. The van der Waals surface area contributed by atoms with Crippen LogP contribution < -0.4 is 0 Å². The summed E-state index contributed by atoms with van der Waals surface area (Å²) in [5.41, 5.74) is -1.36. The lowest BCUT2D eigenvalue weighted by molar-refractivity contribution is -0.151. The molecule has 0 radical (unpaired) electrons. The van der Waals surface area contributed by atoms with E-state index in [4.69, 9.17) is 4.74 Å². The number of benzene rings is 2. The smallest absolute Gasteiger partial charge is 0.416 e. The fourth-order valence-corrected chi connectivity index (χ4v) is 3.41. The first-order chi connectivity index (χ1) is 14.9. The van der Waals surface area contributed by atoms with Gasteiger partial charge in [0.15, 0.2) is 0 Å². The van der Waals surface area contributed by atoms with Crippen LogP contribution in [-0.2, 0) is 28.5 Å². The Hall–Kier alpha value is -3.04. The summed E-state index contributed by atoms with van der Waals surface area (Å²) in [6.07, 6.45) is -8.41. The third kappa shape index (κ3) is 5.80. The lowest BCUT2D eigenvalue weighted by Crippen LogP contribution is -2.40. The maximum atomic E-state index is 12.8. The summed E-state index contributed by atoms with van der Waals surface area (Å²) in [4.78, 5) is 26.2. The normalized spacial score (nSPS) is 15.5. The predicted octanol–water partition coefficient (Wildman–Crippen LogP) is 5.32. The van der Waals surface area contributed by atoms with Gasteiger partial charge in [0.25, 0.3) is 5.91 Å². The predicted molar refractivity (Wildman–Crippen MR) is 101 cm³/mol. The zero-order chi connectivity index (χ0) is 23.5. The van der Waals surface area contributed by atoms with Gasteiger partial charge in [-0.1, -0.05) is 12.1 Å². The largest absolute Gasteiger partial charge is 0.461 e. The third-order valence-corrected chi connectivity index (χ3v) is 5.21. The first kappa shape index (κ1) is 23.6. The Morgan fingerprint density at radius 2 is 1.47 bits per heavy atom. The fourth-order valence-electron chi connectivity index (χ4n) is 3.41. The van der Waals surface area contributed by atoms with Gasteiger partial charge in [-0.15, -0.1) is 0 Å². The minimum absolute atomic E-state index is 0.114. The second-order valence-electron chi connectivity index (χ2n) is 7.45. The quantitative estimate of drug-likeness (QED) is 0.459. The average Bonchev–Trinajstić information content (AvgIpc) is 2.76. The molecule has 172 valence electrons. The Labute approximate surface area is 179 Å². The van der Waals surface area contributed by atoms with Crippen LogP contribution in [0.2, 0.25) is 0 Å². The molecular formula is C22H19F6NO3. The summed E-state index contributed by atoms with van der Waals surface area (Å²) >= 11 is 0. The first-order valence-corrected chi connectivity index (χ1v) is 9.74. The van der Waals surface area contributed by atoms with E-state index < -0.39 is 41.3 Å². The van der Waals surface area contributed by atoms with Crippen LogP contribution in [0.1, 0.15) is 39.9 Å². The molecule has 3 rings (SSSR count). The number of esters is 1. The zero-order valence-corrected chi connectivity index (χ0v) is 16.7. The highest BCUT2D eigenvalue weighted by Gasteiger charge is 2.32. The van der Waals surface area contributed by atoms with E-state index in [1.807, 2.05) is 0 Å². The number of alkyl halides is 6. The van der Waals surface area contributed by atoms with Crippen molar-refractivity contribution < 1.29 is 40.7 Å². The monoisotopic (exact) mass is 459 g/mol. The van der Waals surface area contributed by atoms with Crippen molar-refractivity contribution in [3.05, 3.63) is 70.8 Å². The Balaban J connectivity index is 1.51. The number of halogens is 6. The molecule has 1 fully saturated rings. The molecule has 0 atom stereocenters. The highest BCUT2D eigenvalue weighted by Crippen LogP contribution is 2.31. The fraction of sp³-hybridized carbons (Fsp3) is 0.364. The maximum absolute atomic E-state index is 12.8. The van der Waals surface area contributed by atoms with E-state index in [2.05, 4.69) is 0 Å². The van der Waals surface area contributed by atoms with Gasteiger partial charge < -0.3 is 9.64 Å². The van der Waals surface area contributed by atoms with Gasteiger partial charge in [-0.05, 0) is 54.8 Å². The Morgan fingerprint density at radius 3 is 2.03 bits per heavy atom. The van der Waals surface area contributed by atoms with Crippen LogP contribution in [0.3, 0.4) is 0 Å². The molecule has 0 aliphatic carbocycles. The second kappa shape index (κ2) is 9.22. The molecule has 0 aromatic heterocycles. The molecule has 4 nitrogen and oxygen atoms in total. The molecule has 0 spiro atoms. The van der Waals surface area contributed by atoms with Gasteiger partial charge in [-0.3, -0.25) is 9.59 Å². The van der Waals surface area contributed by atoms with Crippen molar-refractivity contribution in [3.8, 4) is 0 Å². The topological polar surface area (TPSA) is 46.6 Å². The molecule has 0 saturated carbocycles. The molecule has 1 aliphatic rings. The van der Waals surface area contributed by atoms with Crippen molar-refractivity contribution in [1.29, 1.82) is 0 Å². The van der Waals surface area contributed by atoms with Crippen molar-refractivity contribution in [2.75, 3.05) is 13.1 Å². The van der Waals surface area contributed by atoms with Gasteiger partial charge in [-0.25, -0.2) is 0 Å². The van der Waals surface area contributed by atoms with Crippen LogP contribution in [0.4, 0.5) is 26.3 Å². The number of carbonyl (C=O) groups is 2. The van der Waals surface area contributed by atoms with Crippen molar-refractivity contribution >= 4 is 11.9 Å². The van der Waals surface area contributed by atoms with Crippen LogP contribution in [0.25, 0.3) is 0 Å². The summed E-state index contributed by atoms with van der Waals surface area (Å²) < 4.78 is 81.4. The molecule has 1 amide bonds. The average molecular weight is 459 g/mol. The van der Waals surface area contributed by atoms with E-state index in [0.29, 0.717) is 0 Å². The number of carbonyl (C=O) groups excluding carboxylic acids is 2. The number of likely N-dealkylation sites (tertiary alicyclic amines) is 1. The highest BCUT2D eigenvalue weighted by atomic mass is 19.4. The highest BCUT2D eigenvalue weighted by molar-refractivity contribution is 5.94. The van der Waals surface area contributed by atoms with E-state index >= 15 is 0 Å². The molecule has 1 aliphatic heterocycles. The van der Waals surface area contributed by atoms with Gasteiger partial charge in [0, 0.05) is 18.7 Å². The number of rotatable bonds is 4. The number of hydrogen-bond acceptors (Lipinski definition) is 3. The minimum atomic E-state index is -4.49. The minimum Gasteiger partial charge on any atom is -0.461 e. The van der Waals surface area contributed by atoms with Crippen LogP contribution >= 0.6 is 0 Å². The summed E-state index contributed by atoms with van der Waals surface area (Å²) in [5.74, 6) is -1.52. The Kier molecular flexibility index (Phi) is 6.80. The van der Waals surface area contributed by atoms with Gasteiger partial charge in [0.1, 0.15) is 6.61 Å². The first-order valence-electron chi connectivity index (χ1n) is 9.74. The maximum Gasteiger partial charge on any atom is 0.416 e. The number of piperidine rings is 1. The van der Waals surface area contributed by atoms with Crippen LogP contribution in [0, 0.1) is 5.92 Å². The van der Waals surface area contributed by atoms with Crippen molar-refractivity contribution in [2.24, 2.45) is 5.92 Å². The number of ether oxygens (including phenoxy) is 1. The van der Waals surface area contributed by atoms with E-state index in [0.717, 1.165) is 36.4 Å². The summed E-state index contributed by atoms with van der Waals surface area (Å²) in [5, 5.41) is 0. The Bertz CT molecular complexity index is 961. The van der Waals surface area contributed by atoms with Gasteiger partial charge in [0.2, 0.25) is 0 Å². The molecular weight excluding hydrogens is 440 g/mol. The van der Waals surface area contributed by atoms with Crippen LogP contribution in [0.15, 0.2) is 48.5 Å². The number of hydrogen-bond donors (Lipinski definition) is 0. The molecule has 0 N–H and O–H groups in total. The lowest BCUT2D eigenvalue weighted by Gasteiger charge is -2.31. The van der Waals surface area contributed by atoms with Crippen molar-refractivity contribution in [3.63, 3.8) is 0 Å². The zero-order valence-electron chi connectivity index (χ0n) is 16.7. The van der Waals surface area contributed by atoms with Gasteiger partial charge in [0.05, 0.1) is 17.0 Å². The SMILES string of the molecule is O=C(OCc1cccc(C(F)(F)F)c1)C1CCN(C(=O)c2ccc(C(F)(F)F)cc2)CC1. The van der Waals surface area contributed by atoms with Gasteiger partial charge >= 0.3 is 18.3 Å². The number of nitrogens with zero attached hydrogens (tertiary/aromatic N) is 1. The van der Waals surface area contributed by atoms with Gasteiger partial charge in [-0.2, -0.15) is 26.3 Å². The molecule has 2 aromatic carbocycles. The third-order valence-electron chi connectivity index (χ3n) is 5.21.